The van der Waals surface area contributed by atoms with E-state index in [1.165, 1.54) is 0 Å². The number of fused-ring (bicyclic) bond motifs is 1. The molecule has 0 bridgehead atoms. The van der Waals surface area contributed by atoms with E-state index in [1.54, 1.807) is 12.1 Å². The molecule has 0 aliphatic heterocycles. The monoisotopic (exact) mass is 304 g/mol. The van der Waals surface area contributed by atoms with Crippen molar-refractivity contribution in [3.63, 3.8) is 0 Å². The summed E-state index contributed by atoms with van der Waals surface area (Å²) in [5, 5.41) is 10.9. The molecule has 5 heteroatoms. The van der Waals surface area contributed by atoms with Crippen molar-refractivity contribution in [3.8, 4) is 0 Å². The molecule has 0 unspecified atom stereocenters. The molecule has 2 rings (SSSR count). The van der Waals surface area contributed by atoms with E-state index in [2.05, 4.69) is 11.9 Å². The van der Waals surface area contributed by atoms with Crippen molar-refractivity contribution in [2.75, 3.05) is 6.61 Å². The summed E-state index contributed by atoms with van der Waals surface area (Å²) in [5.74, 6) is -0.445. The van der Waals surface area contributed by atoms with E-state index in [0.717, 1.165) is 30.0 Å². The van der Waals surface area contributed by atoms with Crippen LogP contribution in [-0.2, 0) is 4.74 Å². The van der Waals surface area contributed by atoms with E-state index in [0.29, 0.717) is 12.2 Å². The second kappa shape index (κ2) is 8.23. The zero-order valence-corrected chi connectivity index (χ0v) is 12.6. The molecule has 0 aliphatic rings. The molecule has 2 aromatic carbocycles. The van der Waals surface area contributed by atoms with Crippen LogP contribution in [0, 0.1) is 5.39 Å². The molecule has 110 valence electrons. The van der Waals surface area contributed by atoms with Crippen LogP contribution in [0.2, 0.25) is 0 Å². The SMILES string of the molecule is CCCCCOC(=O)c1cc2ccccc2cc1[N+]#N.[Cl-]. The zero-order chi connectivity index (χ0) is 14.4. The average molecular weight is 305 g/mol. The number of carbonyl (C=O) groups is 1. The summed E-state index contributed by atoms with van der Waals surface area (Å²) in [5.41, 5.74) is 0.534. The summed E-state index contributed by atoms with van der Waals surface area (Å²) in [7, 11) is 0. The Labute approximate surface area is 130 Å². The Hall–Kier alpha value is -2.12. The van der Waals surface area contributed by atoms with Gasteiger partial charge >= 0.3 is 11.7 Å². The minimum atomic E-state index is -0.445. The van der Waals surface area contributed by atoms with Crippen molar-refractivity contribution in [3.05, 3.63) is 46.9 Å². The maximum Gasteiger partial charge on any atom is 0.400 e. The number of benzene rings is 2. The molecule has 0 amide bonds. The highest BCUT2D eigenvalue weighted by molar-refractivity contribution is 6.01. The summed E-state index contributed by atoms with van der Waals surface area (Å²) in [6, 6.07) is 11.0. The van der Waals surface area contributed by atoms with E-state index >= 15 is 0 Å². The van der Waals surface area contributed by atoms with E-state index in [-0.39, 0.29) is 18.1 Å². The van der Waals surface area contributed by atoms with Gasteiger partial charge < -0.3 is 17.1 Å². The lowest BCUT2D eigenvalue weighted by atomic mass is 10.1. The molecule has 0 aromatic heterocycles. The largest absolute Gasteiger partial charge is 1.00 e. The van der Waals surface area contributed by atoms with Gasteiger partial charge in [-0.2, -0.15) is 0 Å². The minimum Gasteiger partial charge on any atom is -1.00 e. The number of ether oxygens (including phenoxy) is 1. The third kappa shape index (κ3) is 4.17. The Morgan fingerprint density at radius 3 is 2.48 bits per heavy atom. The molecule has 0 radical (unpaired) electrons. The number of carbonyl (C=O) groups excluding carboxylic acids is 1. The molecule has 4 nitrogen and oxygen atoms in total. The lowest BCUT2D eigenvalue weighted by Gasteiger charge is -2.04. The fraction of sp³-hybridized carbons (Fsp3) is 0.312. The number of esters is 1. The van der Waals surface area contributed by atoms with Gasteiger partial charge in [-0.05, 0) is 23.3 Å². The second-order valence-corrected chi connectivity index (χ2v) is 4.66. The number of unbranched alkanes of at least 4 members (excludes halogenated alkanes) is 2. The van der Waals surface area contributed by atoms with Gasteiger partial charge in [0.2, 0.25) is 5.39 Å². The summed E-state index contributed by atoms with van der Waals surface area (Å²) in [4.78, 5) is 15.2. The number of hydrogen-bond donors (Lipinski definition) is 0. The maximum absolute atomic E-state index is 12.0. The zero-order valence-electron chi connectivity index (χ0n) is 11.9. The maximum atomic E-state index is 12.0. The van der Waals surface area contributed by atoms with Gasteiger partial charge in [-0.1, -0.05) is 44.0 Å². The molecule has 0 fully saturated rings. The molecule has 0 atom stereocenters. The van der Waals surface area contributed by atoms with Gasteiger partial charge in [-0.15, -0.1) is 0 Å². The average Bonchev–Trinajstić information content (AvgIpc) is 2.50. The molecule has 0 saturated carbocycles. The summed E-state index contributed by atoms with van der Waals surface area (Å²) in [6.45, 7) is 2.48. The highest BCUT2D eigenvalue weighted by atomic mass is 35.5. The first-order chi connectivity index (χ1) is 9.76. The van der Waals surface area contributed by atoms with E-state index in [4.69, 9.17) is 10.1 Å². The Morgan fingerprint density at radius 2 is 1.86 bits per heavy atom. The van der Waals surface area contributed by atoms with E-state index < -0.39 is 5.97 Å². The molecule has 0 heterocycles. The predicted octanol–water partition coefficient (Wildman–Crippen LogP) is 1.68. The highest BCUT2D eigenvalue weighted by Crippen LogP contribution is 2.27. The predicted molar refractivity (Wildman–Crippen MR) is 78.5 cm³/mol. The molecule has 0 N–H and O–H groups in total. The van der Waals surface area contributed by atoms with E-state index in [9.17, 15) is 4.79 Å². The number of nitrogens with zero attached hydrogens (tertiary/aromatic N) is 2. The minimum absolute atomic E-state index is 0. The lowest BCUT2D eigenvalue weighted by Crippen LogP contribution is -3.00. The van der Waals surface area contributed by atoms with Crippen LogP contribution in [0.5, 0.6) is 0 Å². The van der Waals surface area contributed by atoms with Gasteiger partial charge in [0.05, 0.1) is 6.61 Å². The van der Waals surface area contributed by atoms with Gasteiger partial charge in [0, 0.05) is 6.07 Å². The van der Waals surface area contributed by atoms with Crippen LogP contribution in [0.1, 0.15) is 36.5 Å². The van der Waals surface area contributed by atoms with E-state index in [1.807, 2.05) is 24.3 Å². The molecular weight excluding hydrogens is 288 g/mol. The van der Waals surface area contributed by atoms with Crippen LogP contribution >= 0.6 is 0 Å². The quantitative estimate of drug-likeness (QED) is 0.480. The normalized spacial score (nSPS) is 9.71. The standard InChI is InChI=1S/C16H17N2O2.ClH/c1-2-3-6-9-20-16(19)14-10-12-7-4-5-8-13(12)11-15(14)18-17;/h4-5,7-8,10-11H,2-3,6,9H2,1H3;1H/q+1;/p-1. The summed E-state index contributed by atoms with van der Waals surface area (Å²) < 4.78 is 5.21. The number of diazo groups is 1. The van der Waals surface area contributed by atoms with Crippen LogP contribution in [0.4, 0.5) is 5.69 Å². The fourth-order valence-corrected chi connectivity index (χ4v) is 2.07. The Kier molecular flexibility index (Phi) is 6.64. The molecule has 0 aliphatic carbocycles. The fourth-order valence-electron chi connectivity index (χ4n) is 2.07. The van der Waals surface area contributed by atoms with Gasteiger partial charge in [0.15, 0.2) is 10.5 Å². The van der Waals surface area contributed by atoms with Crippen LogP contribution < -0.4 is 12.4 Å². The van der Waals surface area contributed by atoms with Gasteiger partial charge in [-0.25, -0.2) is 4.79 Å². The first-order valence-corrected chi connectivity index (χ1v) is 6.81. The van der Waals surface area contributed by atoms with Crippen molar-refractivity contribution in [1.29, 1.82) is 5.39 Å². The van der Waals surface area contributed by atoms with Crippen molar-refractivity contribution < 1.29 is 21.9 Å². The first-order valence-electron chi connectivity index (χ1n) is 6.81. The smallest absolute Gasteiger partial charge is 0.400 e. The van der Waals surface area contributed by atoms with Crippen molar-refractivity contribution in [2.45, 2.75) is 26.2 Å². The van der Waals surface area contributed by atoms with Crippen molar-refractivity contribution >= 4 is 22.4 Å². The Bertz CT molecular complexity index is 665. The second-order valence-electron chi connectivity index (χ2n) is 4.66. The number of halogens is 1. The van der Waals surface area contributed by atoms with Gasteiger partial charge in [0.1, 0.15) is 0 Å². The third-order valence-electron chi connectivity index (χ3n) is 3.17. The molecule has 0 saturated heterocycles. The molecular formula is C16H17ClN2O2. The Morgan fingerprint density at radius 1 is 1.19 bits per heavy atom. The van der Waals surface area contributed by atoms with Crippen molar-refractivity contribution in [2.24, 2.45) is 0 Å². The molecule has 0 spiro atoms. The number of rotatable bonds is 5. The number of hydrogen-bond acceptors (Lipinski definition) is 3. The van der Waals surface area contributed by atoms with Gasteiger partial charge in [0.25, 0.3) is 0 Å². The topological polar surface area (TPSA) is 54.5 Å². The lowest BCUT2D eigenvalue weighted by molar-refractivity contribution is -0.0000227. The van der Waals surface area contributed by atoms with Crippen LogP contribution in [0.3, 0.4) is 0 Å². The third-order valence-corrected chi connectivity index (χ3v) is 3.17. The first kappa shape index (κ1) is 16.9. The molecule has 2 aromatic rings. The van der Waals surface area contributed by atoms with Crippen molar-refractivity contribution in [1.82, 2.24) is 0 Å². The summed E-state index contributed by atoms with van der Waals surface area (Å²) in [6.07, 6.45) is 2.95. The van der Waals surface area contributed by atoms with Crippen LogP contribution in [-0.4, -0.2) is 12.6 Å². The highest BCUT2D eigenvalue weighted by Gasteiger charge is 2.22. The Balaban J connectivity index is 0.00000220. The van der Waals surface area contributed by atoms with Crippen LogP contribution in [0.25, 0.3) is 15.7 Å². The molecule has 21 heavy (non-hydrogen) atoms. The van der Waals surface area contributed by atoms with Gasteiger partial charge in [-0.3, -0.25) is 0 Å². The summed E-state index contributed by atoms with van der Waals surface area (Å²) >= 11 is 0. The van der Waals surface area contributed by atoms with Crippen LogP contribution in [0.15, 0.2) is 36.4 Å².